The largest absolute Gasteiger partial charge is 0.491 e. The number of benzene rings is 1. The van der Waals surface area contributed by atoms with Crippen molar-refractivity contribution in [3.8, 4) is 5.75 Å². The Morgan fingerprint density at radius 1 is 0.783 bits per heavy atom. The van der Waals surface area contributed by atoms with Gasteiger partial charge in [0.05, 0.1) is 19.8 Å². The lowest BCUT2D eigenvalue weighted by Crippen LogP contribution is -2.24. The molecule has 0 saturated carbocycles. The Morgan fingerprint density at radius 2 is 1.35 bits per heavy atom. The van der Waals surface area contributed by atoms with Gasteiger partial charge in [-0.25, -0.2) is 0 Å². The van der Waals surface area contributed by atoms with Crippen molar-refractivity contribution in [2.45, 2.75) is 53.4 Å². The molecule has 0 aliphatic rings. The highest BCUT2D eigenvalue weighted by atomic mass is 16.5. The molecular weight excluding hydrogens is 288 g/mol. The Balaban J connectivity index is 2.38. The van der Waals surface area contributed by atoms with E-state index in [1.165, 1.54) is 5.56 Å². The third-order valence-electron chi connectivity index (χ3n) is 3.68. The highest BCUT2D eigenvalue weighted by Gasteiger charge is 2.27. The molecule has 0 aromatic heterocycles. The molecule has 23 heavy (non-hydrogen) atoms. The van der Waals surface area contributed by atoms with Crippen molar-refractivity contribution in [2.24, 2.45) is 5.41 Å². The molecule has 0 heterocycles. The van der Waals surface area contributed by atoms with E-state index < -0.39 is 0 Å². The van der Waals surface area contributed by atoms with Gasteiger partial charge in [0.2, 0.25) is 0 Å². The predicted molar refractivity (Wildman–Crippen MR) is 96.3 cm³/mol. The second-order valence-corrected chi connectivity index (χ2v) is 7.80. The van der Waals surface area contributed by atoms with Gasteiger partial charge in [0.1, 0.15) is 12.4 Å². The van der Waals surface area contributed by atoms with Gasteiger partial charge in [-0.15, -0.1) is 0 Å². The summed E-state index contributed by atoms with van der Waals surface area (Å²) in [5, 5.41) is 0. The first-order valence-electron chi connectivity index (χ1n) is 8.63. The van der Waals surface area contributed by atoms with E-state index in [0.717, 1.165) is 18.8 Å². The first-order chi connectivity index (χ1) is 10.7. The summed E-state index contributed by atoms with van der Waals surface area (Å²) in [7, 11) is 0. The SMILES string of the molecule is CCOCCOCCOc1ccc(C(C)(C)CC(C)(C)C)cc1. The second kappa shape index (κ2) is 9.29. The van der Waals surface area contributed by atoms with Gasteiger partial charge in [-0.3, -0.25) is 0 Å². The summed E-state index contributed by atoms with van der Waals surface area (Å²) in [6, 6.07) is 8.47. The standard InChI is InChI=1S/C20H34O3/c1-7-21-12-13-22-14-15-23-18-10-8-17(9-11-18)20(5,6)16-19(2,3)4/h8-11H,7,12-16H2,1-6H3. The molecule has 0 unspecified atom stereocenters. The minimum Gasteiger partial charge on any atom is -0.491 e. The number of ether oxygens (including phenoxy) is 3. The maximum absolute atomic E-state index is 5.72. The fourth-order valence-electron chi connectivity index (χ4n) is 3.01. The minimum atomic E-state index is 0.166. The molecular formula is C20H34O3. The average Bonchev–Trinajstić information content (AvgIpc) is 2.44. The van der Waals surface area contributed by atoms with Crippen molar-refractivity contribution in [2.75, 3.05) is 33.0 Å². The van der Waals surface area contributed by atoms with Crippen LogP contribution in [0.25, 0.3) is 0 Å². The number of hydrogen-bond acceptors (Lipinski definition) is 3. The number of hydrogen-bond donors (Lipinski definition) is 0. The van der Waals surface area contributed by atoms with Crippen molar-refractivity contribution < 1.29 is 14.2 Å². The predicted octanol–water partition coefficient (Wildman–Crippen LogP) is 4.83. The van der Waals surface area contributed by atoms with Crippen molar-refractivity contribution in [1.29, 1.82) is 0 Å². The molecule has 0 amide bonds. The first kappa shape index (κ1) is 20.0. The smallest absolute Gasteiger partial charge is 0.119 e. The maximum atomic E-state index is 5.72. The monoisotopic (exact) mass is 322 g/mol. The molecule has 0 atom stereocenters. The van der Waals surface area contributed by atoms with Crippen LogP contribution in [-0.2, 0) is 14.9 Å². The topological polar surface area (TPSA) is 27.7 Å². The summed E-state index contributed by atoms with van der Waals surface area (Å²) in [4.78, 5) is 0. The van der Waals surface area contributed by atoms with Crippen LogP contribution < -0.4 is 4.74 Å². The zero-order chi connectivity index (χ0) is 17.3. The molecule has 0 radical (unpaired) electrons. The van der Waals surface area contributed by atoms with Crippen LogP contribution in [0, 0.1) is 5.41 Å². The van der Waals surface area contributed by atoms with Crippen LogP contribution >= 0.6 is 0 Å². The van der Waals surface area contributed by atoms with Crippen LogP contribution in [-0.4, -0.2) is 33.0 Å². The van der Waals surface area contributed by atoms with Gasteiger partial charge in [-0.2, -0.15) is 0 Å². The molecule has 132 valence electrons. The summed E-state index contributed by atoms with van der Waals surface area (Å²) in [6.45, 7) is 16.6. The van der Waals surface area contributed by atoms with E-state index in [0.29, 0.717) is 31.8 Å². The molecule has 1 aromatic carbocycles. The molecule has 3 nitrogen and oxygen atoms in total. The molecule has 0 aliphatic heterocycles. The normalized spacial score (nSPS) is 12.4. The van der Waals surface area contributed by atoms with E-state index in [9.17, 15) is 0 Å². The lowest BCUT2D eigenvalue weighted by molar-refractivity contribution is 0.0405. The van der Waals surface area contributed by atoms with E-state index >= 15 is 0 Å². The molecule has 0 saturated heterocycles. The molecule has 0 fully saturated rings. The number of rotatable bonds is 10. The zero-order valence-electron chi connectivity index (χ0n) is 15.8. The zero-order valence-corrected chi connectivity index (χ0v) is 15.8. The summed E-state index contributed by atoms with van der Waals surface area (Å²) < 4.78 is 16.4. The Bertz CT molecular complexity index is 429. The van der Waals surface area contributed by atoms with Crippen molar-refractivity contribution in [3.63, 3.8) is 0 Å². The highest BCUT2D eigenvalue weighted by Crippen LogP contribution is 2.36. The maximum Gasteiger partial charge on any atom is 0.119 e. The average molecular weight is 322 g/mol. The molecule has 0 bridgehead atoms. The Hall–Kier alpha value is -1.06. The first-order valence-corrected chi connectivity index (χ1v) is 8.63. The van der Waals surface area contributed by atoms with E-state index in [2.05, 4.69) is 58.9 Å². The Morgan fingerprint density at radius 3 is 1.91 bits per heavy atom. The molecule has 3 heteroatoms. The van der Waals surface area contributed by atoms with Gasteiger partial charge in [0, 0.05) is 6.61 Å². The van der Waals surface area contributed by atoms with Crippen molar-refractivity contribution in [3.05, 3.63) is 29.8 Å². The van der Waals surface area contributed by atoms with Crippen molar-refractivity contribution in [1.82, 2.24) is 0 Å². The fourth-order valence-corrected chi connectivity index (χ4v) is 3.01. The summed E-state index contributed by atoms with van der Waals surface area (Å²) in [5.74, 6) is 0.897. The van der Waals surface area contributed by atoms with E-state index in [1.54, 1.807) is 0 Å². The lowest BCUT2D eigenvalue weighted by atomic mass is 9.72. The van der Waals surface area contributed by atoms with Crippen LogP contribution in [0.2, 0.25) is 0 Å². The van der Waals surface area contributed by atoms with Crippen LogP contribution in [0.3, 0.4) is 0 Å². The van der Waals surface area contributed by atoms with Crippen LogP contribution in [0.4, 0.5) is 0 Å². The third kappa shape index (κ3) is 8.38. The third-order valence-corrected chi connectivity index (χ3v) is 3.68. The van der Waals surface area contributed by atoms with Gasteiger partial charge in [-0.1, -0.05) is 46.8 Å². The molecule has 0 N–H and O–H groups in total. The summed E-state index contributed by atoms with van der Waals surface area (Å²) in [6.07, 6.45) is 1.15. The second-order valence-electron chi connectivity index (χ2n) is 7.80. The fraction of sp³-hybridized carbons (Fsp3) is 0.700. The molecule has 1 rings (SSSR count). The lowest BCUT2D eigenvalue weighted by Gasteiger charge is -2.33. The van der Waals surface area contributed by atoms with Gasteiger partial charge >= 0.3 is 0 Å². The Labute approximate surface area is 142 Å². The van der Waals surface area contributed by atoms with Crippen molar-refractivity contribution >= 4 is 0 Å². The molecule has 1 aromatic rings. The Kier molecular flexibility index (Phi) is 8.07. The van der Waals surface area contributed by atoms with Gasteiger partial charge < -0.3 is 14.2 Å². The quantitative estimate of drug-likeness (QED) is 0.577. The van der Waals surface area contributed by atoms with E-state index in [1.807, 2.05) is 6.92 Å². The summed E-state index contributed by atoms with van der Waals surface area (Å²) in [5.41, 5.74) is 1.84. The molecule has 0 spiro atoms. The van der Waals surface area contributed by atoms with Crippen LogP contribution in [0.15, 0.2) is 24.3 Å². The van der Waals surface area contributed by atoms with Crippen LogP contribution in [0.5, 0.6) is 5.75 Å². The molecule has 0 aliphatic carbocycles. The summed E-state index contributed by atoms with van der Waals surface area (Å²) >= 11 is 0. The van der Waals surface area contributed by atoms with Gasteiger partial charge in [-0.05, 0) is 41.9 Å². The van der Waals surface area contributed by atoms with Gasteiger partial charge in [0.15, 0.2) is 0 Å². The minimum absolute atomic E-state index is 0.166. The van der Waals surface area contributed by atoms with Crippen LogP contribution in [0.1, 0.15) is 53.5 Å². The van der Waals surface area contributed by atoms with E-state index in [-0.39, 0.29) is 5.41 Å². The van der Waals surface area contributed by atoms with Gasteiger partial charge in [0.25, 0.3) is 0 Å². The van der Waals surface area contributed by atoms with E-state index in [4.69, 9.17) is 14.2 Å². The highest BCUT2D eigenvalue weighted by molar-refractivity contribution is 5.31.